The number of hydrogen-bond donors (Lipinski definition) is 0. The number of carbonyl (C=O) groups is 1. The van der Waals surface area contributed by atoms with E-state index >= 15 is 0 Å². The van der Waals surface area contributed by atoms with Crippen molar-refractivity contribution in [2.45, 2.75) is 45.3 Å². The molecular weight excluding hydrogens is 334 g/mol. The molecule has 0 atom stereocenters. The number of nitrogens with zero attached hydrogens (tertiary/aromatic N) is 3. The van der Waals surface area contributed by atoms with Gasteiger partial charge in [-0.05, 0) is 25.3 Å². The van der Waals surface area contributed by atoms with Crippen LogP contribution in [0.25, 0.3) is 5.57 Å². The van der Waals surface area contributed by atoms with Gasteiger partial charge in [0, 0.05) is 55.0 Å². The Morgan fingerprint density at radius 1 is 1.40 bits per heavy atom. The van der Waals surface area contributed by atoms with Crippen LogP contribution in [0.1, 0.15) is 47.1 Å². The summed E-state index contributed by atoms with van der Waals surface area (Å²) >= 11 is 1.75. The Morgan fingerprint density at radius 2 is 2.20 bits per heavy atom. The van der Waals surface area contributed by atoms with Crippen molar-refractivity contribution in [2.24, 2.45) is 0 Å². The molecule has 0 radical (unpaired) electrons. The van der Waals surface area contributed by atoms with Crippen molar-refractivity contribution in [3.63, 3.8) is 0 Å². The van der Waals surface area contributed by atoms with Gasteiger partial charge in [0.25, 0.3) is 5.91 Å². The summed E-state index contributed by atoms with van der Waals surface area (Å²) in [5.74, 6) is 0.0940. The highest BCUT2D eigenvalue weighted by molar-refractivity contribution is 7.11. The number of piperidine rings is 1. The maximum Gasteiger partial charge on any atom is 0.257 e. The van der Waals surface area contributed by atoms with Crippen molar-refractivity contribution in [2.75, 3.05) is 13.1 Å². The zero-order valence-corrected chi connectivity index (χ0v) is 15.5. The van der Waals surface area contributed by atoms with Crippen LogP contribution in [0.5, 0.6) is 0 Å². The Balaban J connectivity index is 1.40. The molecule has 1 spiro atoms. The highest BCUT2D eigenvalue weighted by Gasteiger charge is 2.41. The molecule has 0 N–H and O–H groups in total. The van der Waals surface area contributed by atoms with Crippen LogP contribution in [0.4, 0.5) is 0 Å². The highest BCUT2D eigenvalue weighted by atomic mass is 32.1. The number of hydrogen-bond acceptors (Lipinski definition) is 4. The van der Waals surface area contributed by atoms with Gasteiger partial charge in [-0.25, -0.2) is 0 Å². The number of aryl methyl sites for hydroxylation is 1. The summed E-state index contributed by atoms with van der Waals surface area (Å²) in [6, 6.07) is 4.22. The molecule has 1 amide bonds. The van der Waals surface area contributed by atoms with Crippen LogP contribution in [-0.4, -0.2) is 39.3 Å². The number of thiophene rings is 1. The predicted molar refractivity (Wildman–Crippen MR) is 98.5 cm³/mol. The first kappa shape index (κ1) is 16.4. The van der Waals surface area contributed by atoms with Crippen LogP contribution in [0, 0.1) is 6.92 Å². The lowest BCUT2D eigenvalue weighted by molar-refractivity contribution is -0.0112. The molecule has 6 heteroatoms. The second-order valence-electron chi connectivity index (χ2n) is 6.85. The summed E-state index contributed by atoms with van der Waals surface area (Å²) in [5.41, 5.74) is 2.84. The molecule has 1 saturated heterocycles. The van der Waals surface area contributed by atoms with Crippen LogP contribution < -0.4 is 0 Å². The Bertz CT molecular complexity index is 799. The molecule has 0 aliphatic carbocycles. The Labute approximate surface area is 151 Å². The normalized spacial score (nSPS) is 19.1. The average molecular weight is 357 g/mol. The summed E-state index contributed by atoms with van der Waals surface area (Å²) in [6.07, 6.45) is 6.34. The van der Waals surface area contributed by atoms with Gasteiger partial charge in [0.2, 0.25) is 0 Å². The fraction of sp³-hybridized carbons (Fsp3) is 0.474. The van der Waals surface area contributed by atoms with Gasteiger partial charge >= 0.3 is 0 Å². The number of carbonyl (C=O) groups excluding carboxylic acids is 1. The second kappa shape index (κ2) is 6.33. The van der Waals surface area contributed by atoms with Gasteiger partial charge < -0.3 is 9.64 Å². The summed E-state index contributed by atoms with van der Waals surface area (Å²) in [5, 5.41) is 6.40. The molecule has 0 unspecified atom stereocenters. The SMILES string of the molecule is CCn1ncc(C(=O)N2CCC3(CC2)CC(c2cccs2)=CO3)c1C. The van der Waals surface area contributed by atoms with Gasteiger partial charge in [-0.1, -0.05) is 6.07 Å². The van der Waals surface area contributed by atoms with Crippen LogP contribution in [0.2, 0.25) is 0 Å². The van der Waals surface area contributed by atoms with Gasteiger partial charge in [0.05, 0.1) is 18.0 Å². The van der Waals surface area contributed by atoms with Crippen LogP contribution in [0.15, 0.2) is 30.0 Å². The first-order chi connectivity index (χ1) is 12.1. The van der Waals surface area contributed by atoms with Crippen molar-refractivity contribution in [1.29, 1.82) is 0 Å². The monoisotopic (exact) mass is 357 g/mol. The van der Waals surface area contributed by atoms with Gasteiger partial charge in [-0.15, -0.1) is 11.3 Å². The lowest BCUT2D eigenvalue weighted by Crippen LogP contribution is -2.46. The second-order valence-corrected chi connectivity index (χ2v) is 7.80. The molecule has 0 aromatic carbocycles. The van der Waals surface area contributed by atoms with E-state index in [1.54, 1.807) is 17.5 Å². The molecule has 0 saturated carbocycles. The zero-order valence-electron chi connectivity index (χ0n) is 14.7. The van der Waals surface area contributed by atoms with E-state index in [1.165, 1.54) is 10.5 Å². The minimum Gasteiger partial charge on any atom is -0.494 e. The van der Waals surface area contributed by atoms with Gasteiger partial charge in [-0.2, -0.15) is 5.10 Å². The minimum atomic E-state index is -0.126. The van der Waals surface area contributed by atoms with Gasteiger partial charge in [0.15, 0.2) is 0 Å². The minimum absolute atomic E-state index is 0.0940. The summed E-state index contributed by atoms with van der Waals surface area (Å²) in [4.78, 5) is 16.1. The van der Waals surface area contributed by atoms with E-state index in [-0.39, 0.29) is 11.5 Å². The number of amides is 1. The maximum absolute atomic E-state index is 12.8. The lowest BCUT2D eigenvalue weighted by Gasteiger charge is -2.38. The van der Waals surface area contributed by atoms with Crippen LogP contribution in [0.3, 0.4) is 0 Å². The molecule has 0 bridgehead atoms. The highest BCUT2D eigenvalue weighted by Crippen LogP contribution is 2.42. The number of rotatable bonds is 3. The van der Waals surface area contributed by atoms with E-state index < -0.39 is 0 Å². The molecule has 25 heavy (non-hydrogen) atoms. The third kappa shape index (κ3) is 2.88. The van der Waals surface area contributed by atoms with Crippen molar-refractivity contribution in [3.8, 4) is 0 Å². The quantitative estimate of drug-likeness (QED) is 0.841. The first-order valence-electron chi connectivity index (χ1n) is 8.84. The third-order valence-corrected chi connectivity index (χ3v) is 6.34. The molecule has 4 rings (SSSR count). The van der Waals surface area contributed by atoms with E-state index in [4.69, 9.17) is 4.74 Å². The maximum atomic E-state index is 12.8. The van der Waals surface area contributed by atoms with E-state index in [9.17, 15) is 4.79 Å². The third-order valence-electron chi connectivity index (χ3n) is 5.40. The largest absolute Gasteiger partial charge is 0.494 e. The molecule has 1 fully saturated rings. The fourth-order valence-electron chi connectivity index (χ4n) is 3.79. The molecule has 5 nitrogen and oxygen atoms in total. The standard InChI is InChI=1S/C19H23N3O2S/c1-3-22-14(2)16(12-20-22)18(23)21-8-6-19(7-9-21)11-15(13-24-19)17-5-4-10-25-17/h4-5,10,12-13H,3,6-9,11H2,1-2H3. The predicted octanol–water partition coefficient (Wildman–Crippen LogP) is 3.71. The molecule has 4 heterocycles. The van der Waals surface area contributed by atoms with Crippen LogP contribution >= 0.6 is 11.3 Å². The smallest absolute Gasteiger partial charge is 0.257 e. The molecule has 132 valence electrons. The van der Waals surface area contributed by atoms with E-state index in [2.05, 4.69) is 22.6 Å². The molecule has 2 aromatic rings. The topological polar surface area (TPSA) is 47.4 Å². The Morgan fingerprint density at radius 3 is 2.84 bits per heavy atom. The van der Waals surface area contributed by atoms with Crippen LogP contribution in [-0.2, 0) is 11.3 Å². The van der Waals surface area contributed by atoms with Crippen molar-refractivity contribution < 1.29 is 9.53 Å². The fourth-order valence-corrected chi connectivity index (χ4v) is 4.52. The van der Waals surface area contributed by atoms with Gasteiger partial charge in [-0.3, -0.25) is 9.48 Å². The van der Waals surface area contributed by atoms with Crippen molar-refractivity contribution in [3.05, 3.63) is 46.1 Å². The lowest BCUT2D eigenvalue weighted by atomic mass is 9.86. The summed E-state index contributed by atoms with van der Waals surface area (Å²) in [7, 11) is 0. The van der Waals surface area contributed by atoms with E-state index in [0.717, 1.165) is 50.2 Å². The number of likely N-dealkylation sites (tertiary alicyclic amines) is 1. The number of ether oxygens (including phenoxy) is 1. The molecule has 2 aromatic heterocycles. The summed E-state index contributed by atoms with van der Waals surface area (Å²) in [6.45, 7) is 6.26. The van der Waals surface area contributed by atoms with Crippen molar-refractivity contribution >= 4 is 22.8 Å². The molecule has 2 aliphatic heterocycles. The molecular formula is C19H23N3O2S. The first-order valence-corrected chi connectivity index (χ1v) is 9.72. The Kier molecular flexibility index (Phi) is 4.15. The van der Waals surface area contributed by atoms with Gasteiger partial charge in [0.1, 0.15) is 5.60 Å². The van der Waals surface area contributed by atoms with E-state index in [1.807, 2.05) is 29.7 Å². The van der Waals surface area contributed by atoms with E-state index in [0.29, 0.717) is 0 Å². The van der Waals surface area contributed by atoms with Crippen molar-refractivity contribution in [1.82, 2.24) is 14.7 Å². The zero-order chi connectivity index (χ0) is 17.4. The number of aromatic nitrogens is 2. The summed E-state index contributed by atoms with van der Waals surface area (Å²) < 4.78 is 7.96. The Hall–Kier alpha value is -2.08. The molecule has 2 aliphatic rings. The average Bonchev–Trinajstić information content (AvgIpc) is 3.35.